The number of nitrogens with zero attached hydrogens (tertiary/aromatic N) is 1. The van der Waals surface area contributed by atoms with Crippen LogP contribution in [0.4, 0.5) is 5.69 Å². The lowest BCUT2D eigenvalue weighted by atomic mass is 10.1. The van der Waals surface area contributed by atoms with Crippen LogP contribution in [-0.4, -0.2) is 18.9 Å². The number of methoxy groups -OCH3 is 1. The number of anilines is 1. The molecule has 0 aromatic heterocycles. The second-order valence-corrected chi connectivity index (χ2v) is 5.43. The van der Waals surface area contributed by atoms with Gasteiger partial charge in [0.2, 0.25) is 5.91 Å². The zero-order valence-electron chi connectivity index (χ0n) is 13.1. The van der Waals surface area contributed by atoms with Gasteiger partial charge in [-0.3, -0.25) is 9.59 Å². The van der Waals surface area contributed by atoms with Crippen LogP contribution in [0.3, 0.4) is 0 Å². The molecule has 2 amide bonds. The maximum Gasteiger partial charge on any atom is 0.254 e. The first-order chi connectivity index (χ1) is 11.1. The molecule has 1 atom stereocenters. The molecule has 2 aromatic carbocycles. The van der Waals surface area contributed by atoms with Crippen molar-refractivity contribution in [3.63, 3.8) is 0 Å². The van der Waals surface area contributed by atoms with Crippen LogP contribution >= 0.6 is 0 Å². The van der Waals surface area contributed by atoms with Crippen molar-refractivity contribution in [1.82, 2.24) is 5.32 Å². The van der Waals surface area contributed by atoms with Crippen LogP contribution in [0.15, 0.2) is 48.5 Å². The number of amides is 2. The van der Waals surface area contributed by atoms with Crippen molar-refractivity contribution in [3.05, 3.63) is 59.7 Å². The third-order valence-corrected chi connectivity index (χ3v) is 3.92. The molecular formula is C18H18N2O3. The Morgan fingerprint density at radius 2 is 1.87 bits per heavy atom. The van der Waals surface area contributed by atoms with Crippen molar-refractivity contribution >= 4 is 17.5 Å². The Hall–Kier alpha value is -2.82. The molecule has 3 rings (SSSR count). The number of hydrogen-bond acceptors (Lipinski definition) is 3. The van der Waals surface area contributed by atoms with E-state index in [1.165, 1.54) is 6.92 Å². The molecular weight excluding hydrogens is 292 g/mol. The van der Waals surface area contributed by atoms with E-state index in [9.17, 15) is 9.59 Å². The van der Waals surface area contributed by atoms with Crippen molar-refractivity contribution < 1.29 is 14.3 Å². The number of fused-ring (bicyclic) bond motifs is 1. The lowest BCUT2D eigenvalue weighted by Gasteiger charge is -2.19. The van der Waals surface area contributed by atoms with Gasteiger partial charge in [-0.1, -0.05) is 36.4 Å². The number of nitrogens with one attached hydrogen (secondary N) is 1. The molecule has 1 unspecified atom stereocenters. The van der Waals surface area contributed by atoms with Crippen LogP contribution in [0.2, 0.25) is 0 Å². The van der Waals surface area contributed by atoms with Crippen molar-refractivity contribution in [2.24, 2.45) is 0 Å². The number of ether oxygens (including phenoxy) is 1. The molecule has 1 heterocycles. The highest BCUT2D eigenvalue weighted by Gasteiger charge is 2.37. The Morgan fingerprint density at radius 3 is 2.61 bits per heavy atom. The van der Waals surface area contributed by atoms with Gasteiger partial charge >= 0.3 is 0 Å². The minimum Gasteiger partial charge on any atom is -0.496 e. The Morgan fingerprint density at radius 1 is 1.17 bits per heavy atom. The van der Waals surface area contributed by atoms with Crippen LogP contribution in [0, 0.1) is 0 Å². The molecule has 5 nitrogen and oxygen atoms in total. The van der Waals surface area contributed by atoms with Gasteiger partial charge in [-0.15, -0.1) is 0 Å². The Labute approximate surface area is 134 Å². The molecule has 0 radical (unpaired) electrons. The number of carbonyl (C=O) groups is 2. The number of benzene rings is 2. The molecule has 118 valence electrons. The molecule has 0 saturated heterocycles. The van der Waals surface area contributed by atoms with Crippen LogP contribution in [0.1, 0.15) is 24.1 Å². The second-order valence-electron chi connectivity index (χ2n) is 5.43. The van der Waals surface area contributed by atoms with Gasteiger partial charge in [-0.2, -0.15) is 0 Å². The zero-order valence-corrected chi connectivity index (χ0v) is 13.1. The number of para-hydroxylation sites is 2. The van der Waals surface area contributed by atoms with Gasteiger partial charge in [0.25, 0.3) is 5.91 Å². The van der Waals surface area contributed by atoms with Crippen molar-refractivity contribution in [2.45, 2.75) is 19.5 Å². The molecule has 0 spiro atoms. The van der Waals surface area contributed by atoms with Crippen molar-refractivity contribution in [2.75, 3.05) is 12.0 Å². The lowest BCUT2D eigenvalue weighted by molar-refractivity contribution is -0.126. The minimum absolute atomic E-state index is 0.132. The summed E-state index contributed by atoms with van der Waals surface area (Å²) in [6.07, 6.45) is 0. The number of hydrogen-bond donors (Lipinski definition) is 1. The Balaban J connectivity index is 1.96. The molecule has 0 bridgehead atoms. The van der Waals surface area contributed by atoms with E-state index in [-0.39, 0.29) is 11.8 Å². The normalized spacial score (nSPS) is 16.2. The van der Waals surface area contributed by atoms with E-state index in [1.807, 2.05) is 48.5 Å². The van der Waals surface area contributed by atoms with Crippen LogP contribution in [0.5, 0.6) is 5.75 Å². The van der Waals surface area contributed by atoms with E-state index in [1.54, 1.807) is 12.0 Å². The van der Waals surface area contributed by atoms with E-state index < -0.39 is 6.04 Å². The van der Waals surface area contributed by atoms with Gasteiger partial charge in [0.1, 0.15) is 11.8 Å². The summed E-state index contributed by atoms with van der Waals surface area (Å²) in [4.78, 5) is 25.9. The number of rotatable bonds is 4. The standard InChI is InChI=1S/C18H18N2O3/c1-12(21)19-17-14-8-4-5-9-15(14)20(18(17)22)11-13-7-3-6-10-16(13)23-2/h3-10,17H,11H2,1-2H3,(H,19,21). The van der Waals surface area contributed by atoms with E-state index in [4.69, 9.17) is 4.74 Å². The molecule has 0 fully saturated rings. The molecule has 1 aliphatic heterocycles. The highest BCUT2D eigenvalue weighted by atomic mass is 16.5. The second kappa shape index (κ2) is 6.12. The van der Waals surface area contributed by atoms with Crippen LogP contribution < -0.4 is 15.0 Å². The van der Waals surface area contributed by atoms with Gasteiger partial charge < -0.3 is 15.0 Å². The predicted molar refractivity (Wildman–Crippen MR) is 87.2 cm³/mol. The third-order valence-electron chi connectivity index (χ3n) is 3.92. The van der Waals surface area contributed by atoms with Gasteiger partial charge in [0.05, 0.1) is 13.7 Å². The molecule has 23 heavy (non-hydrogen) atoms. The summed E-state index contributed by atoms with van der Waals surface area (Å²) < 4.78 is 5.36. The average Bonchev–Trinajstić information content (AvgIpc) is 2.81. The first-order valence-electron chi connectivity index (χ1n) is 7.41. The molecule has 0 saturated carbocycles. The van der Waals surface area contributed by atoms with E-state index in [0.717, 1.165) is 22.6 Å². The molecule has 1 aliphatic rings. The minimum atomic E-state index is -0.626. The first-order valence-corrected chi connectivity index (χ1v) is 7.41. The zero-order chi connectivity index (χ0) is 16.4. The van der Waals surface area contributed by atoms with E-state index in [0.29, 0.717) is 6.54 Å². The Bertz CT molecular complexity index is 757. The SMILES string of the molecule is COc1ccccc1CN1C(=O)C(NC(C)=O)c2ccccc21. The van der Waals surface area contributed by atoms with Gasteiger partial charge in [0.15, 0.2) is 0 Å². The maximum absolute atomic E-state index is 12.8. The van der Waals surface area contributed by atoms with Crippen LogP contribution in [0.25, 0.3) is 0 Å². The van der Waals surface area contributed by atoms with Crippen LogP contribution in [-0.2, 0) is 16.1 Å². The Kier molecular flexibility index (Phi) is 4.02. The first kappa shape index (κ1) is 15.1. The fourth-order valence-electron chi connectivity index (χ4n) is 2.89. The van der Waals surface area contributed by atoms with Gasteiger partial charge in [0, 0.05) is 23.7 Å². The average molecular weight is 310 g/mol. The summed E-state index contributed by atoms with van der Waals surface area (Å²) in [5.74, 6) is 0.380. The van der Waals surface area contributed by atoms with E-state index in [2.05, 4.69) is 5.32 Å². The highest BCUT2D eigenvalue weighted by molar-refractivity contribution is 6.06. The predicted octanol–water partition coefficient (Wildman–Crippen LogP) is 2.42. The van der Waals surface area contributed by atoms with E-state index >= 15 is 0 Å². The molecule has 0 aliphatic carbocycles. The topological polar surface area (TPSA) is 58.6 Å². The fraction of sp³-hybridized carbons (Fsp3) is 0.222. The summed E-state index contributed by atoms with van der Waals surface area (Å²) >= 11 is 0. The maximum atomic E-state index is 12.8. The molecule has 1 N–H and O–H groups in total. The summed E-state index contributed by atoms with van der Waals surface area (Å²) in [6, 6.07) is 14.5. The largest absolute Gasteiger partial charge is 0.496 e. The summed E-state index contributed by atoms with van der Waals surface area (Å²) in [6.45, 7) is 1.81. The number of carbonyl (C=O) groups excluding carboxylic acids is 2. The lowest BCUT2D eigenvalue weighted by Crippen LogP contribution is -2.36. The third kappa shape index (κ3) is 2.77. The quantitative estimate of drug-likeness (QED) is 0.943. The highest BCUT2D eigenvalue weighted by Crippen LogP contribution is 2.37. The van der Waals surface area contributed by atoms with Gasteiger partial charge in [-0.05, 0) is 12.1 Å². The summed E-state index contributed by atoms with van der Waals surface area (Å²) in [5.41, 5.74) is 2.56. The smallest absolute Gasteiger partial charge is 0.254 e. The summed E-state index contributed by atoms with van der Waals surface area (Å²) in [7, 11) is 1.61. The molecule has 2 aromatic rings. The molecule has 5 heteroatoms. The van der Waals surface area contributed by atoms with Crippen molar-refractivity contribution in [3.8, 4) is 5.75 Å². The fourth-order valence-corrected chi connectivity index (χ4v) is 2.89. The monoisotopic (exact) mass is 310 g/mol. The van der Waals surface area contributed by atoms with Crippen molar-refractivity contribution in [1.29, 1.82) is 0 Å². The summed E-state index contributed by atoms with van der Waals surface area (Å²) in [5, 5.41) is 2.73. The van der Waals surface area contributed by atoms with Gasteiger partial charge in [-0.25, -0.2) is 0 Å².